The third kappa shape index (κ3) is 4.27. The number of esters is 1. The van der Waals surface area contributed by atoms with Crippen molar-refractivity contribution in [3.63, 3.8) is 0 Å². The Morgan fingerprint density at radius 1 is 1.16 bits per heavy atom. The number of hydrogen-bond donors (Lipinski definition) is 0. The molecule has 1 aromatic rings. The lowest BCUT2D eigenvalue weighted by Crippen LogP contribution is -2.41. The van der Waals surface area contributed by atoms with Gasteiger partial charge in [-0.15, -0.1) is 13.2 Å². The molecule has 2 rings (SSSR count). The Labute approximate surface area is 144 Å². The molecule has 1 aliphatic rings. The zero-order valence-electron chi connectivity index (χ0n) is 14.7. The topological polar surface area (TPSA) is 54.0 Å². The van der Waals surface area contributed by atoms with Crippen LogP contribution in [-0.4, -0.2) is 37.3 Å². The van der Waals surface area contributed by atoms with E-state index in [9.17, 15) is 18.0 Å². The van der Waals surface area contributed by atoms with Gasteiger partial charge in [0.2, 0.25) is 0 Å². The minimum Gasteiger partial charge on any atom is -0.462 e. The molecule has 0 atom stereocenters. The van der Waals surface area contributed by atoms with E-state index in [1.165, 1.54) is 12.1 Å². The van der Waals surface area contributed by atoms with Gasteiger partial charge in [-0.05, 0) is 52.2 Å². The van der Waals surface area contributed by atoms with Gasteiger partial charge in [-0.3, -0.25) is 0 Å². The minimum atomic E-state index is -4.92. The van der Waals surface area contributed by atoms with Gasteiger partial charge in [0.15, 0.2) is 0 Å². The van der Waals surface area contributed by atoms with Gasteiger partial charge >= 0.3 is 19.5 Å². The minimum absolute atomic E-state index is 0.0189. The molecule has 0 aliphatic carbocycles. The summed E-state index contributed by atoms with van der Waals surface area (Å²) >= 11 is 0. The Kier molecular flexibility index (Phi) is 5.12. The van der Waals surface area contributed by atoms with Crippen LogP contribution in [0.1, 0.15) is 45.0 Å². The molecule has 138 valence electrons. The van der Waals surface area contributed by atoms with Crippen LogP contribution in [0, 0.1) is 0 Å². The van der Waals surface area contributed by atoms with Crippen LogP contribution >= 0.6 is 0 Å². The fraction of sp³-hybridized carbons (Fsp3) is 0.562. The Hall–Kier alpha value is -1.74. The van der Waals surface area contributed by atoms with Crippen molar-refractivity contribution in [2.24, 2.45) is 0 Å². The van der Waals surface area contributed by atoms with Crippen LogP contribution in [0.3, 0.4) is 0 Å². The van der Waals surface area contributed by atoms with E-state index in [0.717, 1.165) is 6.07 Å². The van der Waals surface area contributed by atoms with E-state index in [-0.39, 0.29) is 12.2 Å². The van der Waals surface area contributed by atoms with E-state index in [1.54, 1.807) is 6.92 Å². The molecule has 0 spiro atoms. The molecule has 0 saturated carbocycles. The molecule has 1 saturated heterocycles. The second-order valence-electron chi connectivity index (χ2n) is 6.61. The van der Waals surface area contributed by atoms with Gasteiger partial charge in [0.1, 0.15) is 11.3 Å². The maximum atomic E-state index is 12.6. The SMILES string of the molecule is CCOC(=O)c1cc(B2OC(C)(C)C(C)(C)O2)ccc1OC(F)(F)F. The van der Waals surface area contributed by atoms with Crippen LogP contribution in [0.25, 0.3) is 0 Å². The first-order valence-corrected chi connectivity index (χ1v) is 7.79. The van der Waals surface area contributed by atoms with E-state index in [0.29, 0.717) is 5.46 Å². The van der Waals surface area contributed by atoms with E-state index >= 15 is 0 Å². The lowest BCUT2D eigenvalue weighted by Gasteiger charge is -2.32. The number of rotatable bonds is 4. The number of carbonyl (C=O) groups is 1. The summed E-state index contributed by atoms with van der Waals surface area (Å²) < 4.78 is 58.1. The summed E-state index contributed by atoms with van der Waals surface area (Å²) in [5.41, 5.74) is -1.19. The number of carbonyl (C=O) groups excluding carboxylic acids is 1. The van der Waals surface area contributed by atoms with Crippen molar-refractivity contribution in [1.82, 2.24) is 0 Å². The molecule has 9 heteroatoms. The molecule has 25 heavy (non-hydrogen) atoms. The molecular formula is C16H20BF3O5. The summed E-state index contributed by atoms with van der Waals surface area (Å²) in [6.45, 7) is 8.97. The molecule has 1 aromatic carbocycles. The van der Waals surface area contributed by atoms with Crippen molar-refractivity contribution in [3.05, 3.63) is 23.8 Å². The Morgan fingerprint density at radius 2 is 1.72 bits per heavy atom. The first kappa shape index (κ1) is 19.6. The van der Waals surface area contributed by atoms with Crippen molar-refractivity contribution >= 4 is 18.6 Å². The van der Waals surface area contributed by atoms with Crippen LogP contribution in [0.2, 0.25) is 0 Å². The molecule has 0 radical (unpaired) electrons. The first-order chi connectivity index (χ1) is 11.4. The van der Waals surface area contributed by atoms with Gasteiger partial charge in [0.25, 0.3) is 0 Å². The monoisotopic (exact) mass is 360 g/mol. The molecule has 0 bridgehead atoms. The van der Waals surface area contributed by atoms with Crippen LogP contribution in [0.4, 0.5) is 13.2 Å². The number of halogens is 3. The van der Waals surface area contributed by atoms with Gasteiger partial charge in [0, 0.05) is 0 Å². The van der Waals surface area contributed by atoms with Crippen LogP contribution in [-0.2, 0) is 14.0 Å². The Morgan fingerprint density at radius 3 is 2.20 bits per heavy atom. The molecule has 1 heterocycles. The highest BCUT2D eigenvalue weighted by molar-refractivity contribution is 6.62. The first-order valence-electron chi connectivity index (χ1n) is 7.79. The lowest BCUT2D eigenvalue weighted by atomic mass is 9.78. The zero-order chi connectivity index (χ0) is 19.0. The lowest BCUT2D eigenvalue weighted by molar-refractivity contribution is -0.274. The second kappa shape index (κ2) is 6.53. The van der Waals surface area contributed by atoms with Gasteiger partial charge in [0.05, 0.1) is 17.8 Å². The van der Waals surface area contributed by atoms with E-state index in [1.807, 2.05) is 27.7 Å². The molecule has 0 N–H and O–H groups in total. The van der Waals surface area contributed by atoms with Crippen molar-refractivity contribution in [3.8, 4) is 5.75 Å². The standard InChI is InChI=1S/C16H20BF3O5/c1-6-22-13(21)11-9-10(7-8-12(11)23-16(18,19)20)17-24-14(2,3)15(4,5)25-17/h7-9H,6H2,1-5H3. The van der Waals surface area contributed by atoms with Crippen LogP contribution < -0.4 is 10.2 Å². The summed E-state index contributed by atoms with van der Waals surface area (Å²) in [7, 11) is -0.821. The fourth-order valence-corrected chi connectivity index (χ4v) is 2.26. The number of ether oxygens (including phenoxy) is 2. The predicted molar refractivity (Wildman–Crippen MR) is 84.8 cm³/mol. The highest BCUT2D eigenvalue weighted by Gasteiger charge is 2.52. The molecular weight excluding hydrogens is 340 g/mol. The molecule has 0 amide bonds. The molecule has 1 fully saturated rings. The largest absolute Gasteiger partial charge is 0.573 e. The molecule has 1 aliphatic heterocycles. The van der Waals surface area contributed by atoms with E-state index in [4.69, 9.17) is 14.0 Å². The van der Waals surface area contributed by atoms with E-state index in [2.05, 4.69) is 4.74 Å². The normalized spacial score (nSPS) is 19.0. The van der Waals surface area contributed by atoms with Crippen molar-refractivity contribution < 1.29 is 36.7 Å². The average molecular weight is 360 g/mol. The second-order valence-corrected chi connectivity index (χ2v) is 6.61. The van der Waals surface area contributed by atoms with Gasteiger partial charge < -0.3 is 18.8 Å². The predicted octanol–water partition coefficient (Wildman–Crippen LogP) is 3.06. The smallest absolute Gasteiger partial charge is 0.462 e. The van der Waals surface area contributed by atoms with Crippen molar-refractivity contribution in [2.75, 3.05) is 6.61 Å². The van der Waals surface area contributed by atoms with Gasteiger partial charge in [-0.1, -0.05) is 6.07 Å². The van der Waals surface area contributed by atoms with Gasteiger partial charge in [-0.25, -0.2) is 4.79 Å². The summed E-state index contributed by atoms with van der Waals surface area (Å²) in [6.07, 6.45) is -4.92. The summed E-state index contributed by atoms with van der Waals surface area (Å²) in [4.78, 5) is 12.0. The maximum absolute atomic E-state index is 12.6. The Balaban J connectivity index is 2.39. The number of hydrogen-bond acceptors (Lipinski definition) is 5. The highest BCUT2D eigenvalue weighted by Crippen LogP contribution is 2.37. The third-order valence-corrected chi connectivity index (χ3v) is 4.25. The zero-order valence-corrected chi connectivity index (χ0v) is 14.7. The van der Waals surface area contributed by atoms with Gasteiger partial charge in [-0.2, -0.15) is 0 Å². The molecule has 0 unspecified atom stereocenters. The fourth-order valence-electron chi connectivity index (χ4n) is 2.26. The average Bonchev–Trinajstić information content (AvgIpc) is 2.66. The maximum Gasteiger partial charge on any atom is 0.573 e. The van der Waals surface area contributed by atoms with Crippen LogP contribution in [0.15, 0.2) is 18.2 Å². The summed E-state index contributed by atoms with van der Waals surface area (Å²) in [6, 6.07) is 3.66. The molecule has 5 nitrogen and oxygen atoms in total. The number of benzene rings is 1. The highest BCUT2D eigenvalue weighted by atomic mass is 19.4. The number of alkyl halides is 3. The van der Waals surface area contributed by atoms with Crippen molar-refractivity contribution in [2.45, 2.75) is 52.2 Å². The summed E-state index contributed by atoms with van der Waals surface area (Å²) in [5, 5.41) is 0. The van der Waals surface area contributed by atoms with E-state index < -0.39 is 36.4 Å². The Bertz CT molecular complexity index is 642. The summed E-state index contributed by atoms with van der Waals surface area (Å²) in [5.74, 6) is -1.55. The molecule has 0 aromatic heterocycles. The van der Waals surface area contributed by atoms with Crippen molar-refractivity contribution in [1.29, 1.82) is 0 Å². The van der Waals surface area contributed by atoms with Crippen LogP contribution in [0.5, 0.6) is 5.75 Å². The third-order valence-electron chi connectivity index (χ3n) is 4.25. The quantitative estimate of drug-likeness (QED) is 0.610.